The first-order valence-corrected chi connectivity index (χ1v) is 9.13. The number of hydrogen-bond donors (Lipinski definition) is 1. The van der Waals surface area contributed by atoms with Crippen LogP contribution in [0.4, 0.5) is 0 Å². The quantitative estimate of drug-likeness (QED) is 0.751. The number of pyridine rings is 1. The number of ether oxygens (including phenoxy) is 2. The highest BCUT2D eigenvalue weighted by Crippen LogP contribution is 2.50. The lowest BCUT2D eigenvalue weighted by atomic mass is 9.95. The SMILES string of the molecule is COc1cccc2c1O[C@H](c1cccnc1)N1N=C(c3ccc(O)cc3)C[C@@H]21. The third-order valence-electron chi connectivity index (χ3n) is 5.17. The van der Waals surface area contributed by atoms with Gasteiger partial charge in [0, 0.05) is 29.9 Å². The van der Waals surface area contributed by atoms with Crippen molar-refractivity contribution in [2.24, 2.45) is 5.10 Å². The van der Waals surface area contributed by atoms with Crippen LogP contribution >= 0.6 is 0 Å². The molecule has 3 aromatic rings. The van der Waals surface area contributed by atoms with Crippen LogP contribution in [0.1, 0.15) is 35.4 Å². The molecule has 0 saturated heterocycles. The van der Waals surface area contributed by atoms with Crippen molar-refractivity contribution < 1.29 is 14.6 Å². The third kappa shape index (κ3) is 2.65. The molecule has 0 spiro atoms. The van der Waals surface area contributed by atoms with Gasteiger partial charge in [0.15, 0.2) is 11.5 Å². The Labute approximate surface area is 162 Å². The number of methoxy groups -OCH3 is 1. The Bertz CT molecular complexity index is 1030. The molecule has 6 heteroatoms. The van der Waals surface area contributed by atoms with E-state index in [2.05, 4.69) is 11.1 Å². The van der Waals surface area contributed by atoms with Gasteiger partial charge in [-0.2, -0.15) is 5.10 Å². The lowest BCUT2D eigenvalue weighted by molar-refractivity contribution is -0.0211. The molecule has 0 unspecified atom stereocenters. The average Bonchev–Trinajstić information content (AvgIpc) is 3.19. The minimum absolute atomic E-state index is 0.0351. The smallest absolute Gasteiger partial charge is 0.215 e. The molecule has 0 bridgehead atoms. The van der Waals surface area contributed by atoms with Gasteiger partial charge in [-0.15, -0.1) is 0 Å². The van der Waals surface area contributed by atoms with Crippen LogP contribution in [-0.2, 0) is 0 Å². The lowest BCUT2D eigenvalue weighted by Gasteiger charge is -2.38. The largest absolute Gasteiger partial charge is 0.508 e. The first kappa shape index (κ1) is 16.6. The summed E-state index contributed by atoms with van der Waals surface area (Å²) >= 11 is 0. The molecule has 28 heavy (non-hydrogen) atoms. The second-order valence-corrected chi connectivity index (χ2v) is 6.83. The second-order valence-electron chi connectivity index (χ2n) is 6.83. The van der Waals surface area contributed by atoms with E-state index in [1.807, 2.05) is 41.4 Å². The number of aromatic nitrogens is 1. The highest BCUT2D eigenvalue weighted by atomic mass is 16.5. The van der Waals surface area contributed by atoms with E-state index < -0.39 is 6.23 Å². The molecule has 2 atom stereocenters. The summed E-state index contributed by atoms with van der Waals surface area (Å²) in [6.07, 6.45) is 3.89. The van der Waals surface area contributed by atoms with E-state index in [0.717, 1.165) is 34.6 Å². The van der Waals surface area contributed by atoms with E-state index in [9.17, 15) is 5.11 Å². The summed E-state index contributed by atoms with van der Waals surface area (Å²) in [4.78, 5) is 4.25. The maximum atomic E-state index is 9.59. The number of phenolic OH excluding ortho intramolecular Hbond substituents is 1. The summed E-state index contributed by atoms with van der Waals surface area (Å²) in [6.45, 7) is 0. The number of rotatable bonds is 3. The summed E-state index contributed by atoms with van der Waals surface area (Å²) in [5, 5.41) is 16.5. The molecule has 2 aromatic carbocycles. The van der Waals surface area contributed by atoms with Crippen LogP contribution in [-0.4, -0.2) is 27.9 Å². The van der Waals surface area contributed by atoms with Crippen LogP contribution in [0.3, 0.4) is 0 Å². The molecule has 1 aromatic heterocycles. The minimum atomic E-state index is -0.392. The van der Waals surface area contributed by atoms with E-state index in [4.69, 9.17) is 14.6 Å². The molecule has 6 nitrogen and oxygen atoms in total. The molecule has 5 rings (SSSR count). The van der Waals surface area contributed by atoms with Crippen LogP contribution in [0.2, 0.25) is 0 Å². The molecule has 0 radical (unpaired) electrons. The van der Waals surface area contributed by atoms with Gasteiger partial charge in [0.2, 0.25) is 6.23 Å². The standard InChI is InChI=1S/C22H19N3O3/c1-27-20-6-2-5-17-19-12-18(14-7-9-16(26)10-8-14)24-25(19)22(28-21(17)20)15-4-3-11-23-13-15/h2-11,13,19,22,26H,12H2,1H3/t19-,22+/m0/s1. The molecule has 0 aliphatic carbocycles. The summed E-state index contributed by atoms with van der Waals surface area (Å²) in [5.41, 5.74) is 3.93. The summed E-state index contributed by atoms with van der Waals surface area (Å²) in [6, 6.07) is 17.0. The fourth-order valence-electron chi connectivity index (χ4n) is 3.81. The molecule has 140 valence electrons. The number of hydrazone groups is 1. The number of hydrogen-bond acceptors (Lipinski definition) is 6. The zero-order valence-electron chi connectivity index (χ0n) is 15.3. The normalized spacial score (nSPS) is 20.0. The number of fused-ring (bicyclic) bond motifs is 3. The molecular weight excluding hydrogens is 354 g/mol. The van der Waals surface area contributed by atoms with E-state index in [1.54, 1.807) is 31.6 Å². The fourth-order valence-corrected chi connectivity index (χ4v) is 3.81. The van der Waals surface area contributed by atoms with Crippen LogP contribution in [0, 0.1) is 0 Å². The van der Waals surface area contributed by atoms with Crippen LogP contribution < -0.4 is 9.47 Å². The van der Waals surface area contributed by atoms with Crippen LogP contribution in [0.25, 0.3) is 0 Å². The maximum absolute atomic E-state index is 9.59. The van der Waals surface area contributed by atoms with Crippen molar-refractivity contribution in [1.29, 1.82) is 0 Å². The predicted octanol–water partition coefficient (Wildman–Crippen LogP) is 4.04. The molecule has 0 saturated carbocycles. The van der Waals surface area contributed by atoms with Crippen LogP contribution in [0.15, 0.2) is 72.1 Å². The third-order valence-corrected chi connectivity index (χ3v) is 5.17. The molecular formula is C22H19N3O3. The van der Waals surface area contributed by atoms with Crippen LogP contribution in [0.5, 0.6) is 17.2 Å². The van der Waals surface area contributed by atoms with Gasteiger partial charge >= 0.3 is 0 Å². The number of nitrogens with zero attached hydrogens (tertiary/aromatic N) is 3. The van der Waals surface area contributed by atoms with Gasteiger partial charge < -0.3 is 14.6 Å². The Kier molecular flexibility index (Phi) is 3.90. The summed E-state index contributed by atoms with van der Waals surface area (Å²) in [7, 11) is 1.65. The van der Waals surface area contributed by atoms with Crippen molar-refractivity contribution >= 4 is 5.71 Å². The topological polar surface area (TPSA) is 67.2 Å². The first-order valence-electron chi connectivity index (χ1n) is 9.13. The zero-order valence-corrected chi connectivity index (χ0v) is 15.3. The van der Waals surface area contributed by atoms with Crippen molar-refractivity contribution in [3.8, 4) is 17.2 Å². The van der Waals surface area contributed by atoms with Crippen molar-refractivity contribution in [2.75, 3.05) is 7.11 Å². The summed E-state index contributed by atoms with van der Waals surface area (Å²) in [5.74, 6) is 1.71. The predicted molar refractivity (Wildman–Crippen MR) is 104 cm³/mol. The number of para-hydroxylation sites is 1. The second kappa shape index (κ2) is 6.56. The monoisotopic (exact) mass is 373 g/mol. The van der Waals surface area contributed by atoms with Gasteiger partial charge in [0.25, 0.3) is 0 Å². The fraction of sp³-hybridized carbons (Fsp3) is 0.182. The first-order chi connectivity index (χ1) is 13.7. The Morgan fingerprint density at radius 3 is 2.71 bits per heavy atom. The van der Waals surface area contributed by atoms with Gasteiger partial charge in [0.05, 0.1) is 18.9 Å². The van der Waals surface area contributed by atoms with Gasteiger partial charge in [-0.1, -0.05) is 18.2 Å². The lowest BCUT2D eigenvalue weighted by Crippen LogP contribution is -2.33. The Morgan fingerprint density at radius 1 is 1.11 bits per heavy atom. The van der Waals surface area contributed by atoms with Gasteiger partial charge in [-0.05, 0) is 42.0 Å². The Morgan fingerprint density at radius 2 is 1.96 bits per heavy atom. The highest BCUT2D eigenvalue weighted by molar-refractivity contribution is 6.02. The van der Waals surface area contributed by atoms with E-state index in [1.165, 1.54) is 0 Å². The van der Waals surface area contributed by atoms with Crippen molar-refractivity contribution in [2.45, 2.75) is 18.7 Å². The molecule has 1 N–H and O–H groups in total. The number of aromatic hydroxyl groups is 1. The molecule has 0 amide bonds. The zero-order chi connectivity index (χ0) is 19.1. The maximum Gasteiger partial charge on any atom is 0.215 e. The van der Waals surface area contributed by atoms with Gasteiger partial charge in [-0.25, -0.2) is 5.01 Å². The minimum Gasteiger partial charge on any atom is -0.508 e. The van der Waals surface area contributed by atoms with E-state index in [0.29, 0.717) is 5.75 Å². The Hall–Kier alpha value is -3.54. The van der Waals surface area contributed by atoms with E-state index >= 15 is 0 Å². The van der Waals surface area contributed by atoms with Gasteiger partial charge in [-0.3, -0.25) is 4.98 Å². The van der Waals surface area contributed by atoms with Crippen molar-refractivity contribution in [3.05, 3.63) is 83.7 Å². The number of benzene rings is 2. The molecule has 2 aliphatic heterocycles. The average molecular weight is 373 g/mol. The Balaban J connectivity index is 1.61. The molecule has 0 fully saturated rings. The van der Waals surface area contributed by atoms with Crippen molar-refractivity contribution in [1.82, 2.24) is 9.99 Å². The number of phenols is 1. The van der Waals surface area contributed by atoms with Gasteiger partial charge in [0.1, 0.15) is 5.75 Å². The highest BCUT2D eigenvalue weighted by Gasteiger charge is 2.42. The van der Waals surface area contributed by atoms with E-state index in [-0.39, 0.29) is 11.8 Å². The molecule has 3 heterocycles. The summed E-state index contributed by atoms with van der Waals surface area (Å²) < 4.78 is 11.9. The van der Waals surface area contributed by atoms with Crippen molar-refractivity contribution in [3.63, 3.8) is 0 Å². The molecule has 2 aliphatic rings.